The van der Waals surface area contributed by atoms with Crippen LogP contribution in [0.5, 0.6) is 0 Å². The van der Waals surface area contributed by atoms with Crippen molar-refractivity contribution in [1.82, 2.24) is 5.32 Å². The van der Waals surface area contributed by atoms with Gasteiger partial charge in [0.25, 0.3) is 5.91 Å². The summed E-state index contributed by atoms with van der Waals surface area (Å²) < 4.78 is 0. The van der Waals surface area contributed by atoms with E-state index in [1.54, 1.807) is 24.3 Å². The molecule has 2 rings (SSSR count). The number of benzene rings is 1. The summed E-state index contributed by atoms with van der Waals surface area (Å²) in [5.74, 6) is 0.675. The summed E-state index contributed by atoms with van der Waals surface area (Å²) in [6, 6.07) is 9.17. The summed E-state index contributed by atoms with van der Waals surface area (Å²) in [7, 11) is 0. The van der Waals surface area contributed by atoms with Gasteiger partial charge in [-0.3, -0.25) is 4.79 Å². The maximum absolute atomic E-state index is 12.1. The molecule has 3 nitrogen and oxygen atoms in total. The quantitative estimate of drug-likeness (QED) is 0.869. The molecule has 0 radical (unpaired) electrons. The standard InChI is InChI=1S/C15H17BrN2O/c16-9-11-4-6-14(7-5-11)18-15(19)13-3-1-2-12(8-13)10-17/h1-3,8,11,14H,4-7,9H2,(H,18,19). The third kappa shape index (κ3) is 3.81. The van der Waals surface area contributed by atoms with Gasteiger partial charge in [-0.15, -0.1) is 0 Å². The molecule has 1 fully saturated rings. The molecule has 1 aliphatic carbocycles. The van der Waals surface area contributed by atoms with Crippen molar-refractivity contribution < 1.29 is 4.79 Å². The van der Waals surface area contributed by atoms with Gasteiger partial charge < -0.3 is 5.32 Å². The Hall–Kier alpha value is -1.34. The van der Waals surface area contributed by atoms with Crippen molar-refractivity contribution in [2.75, 3.05) is 5.33 Å². The number of amides is 1. The molecule has 0 heterocycles. The van der Waals surface area contributed by atoms with E-state index in [-0.39, 0.29) is 11.9 Å². The number of rotatable bonds is 3. The maximum atomic E-state index is 12.1. The average molecular weight is 321 g/mol. The molecule has 0 spiro atoms. The van der Waals surface area contributed by atoms with Gasteiger partial charge in [0.2, 0.25) is 0 Å². The third-order valence-electron chi connectivity index (χ3n) is 3.65. The summed E-state index contributed by atoms with van der Waals surface area (Å²) in [6.07, 6.45) is 4.41. The summed E-state index contributed by atoms with van der Waals surface area (Å²) in [6.45, 7) is 0. The lowest BCUT2D eigenvalue weighted by molar-refractivity contribution is 0.0923. The van der Waals surface area contributed by atoms with Gasteiger partial charge in [0.1, 0.15) is 0 Å². The predicted octanol–water partition coefficient (Wildman–Crippen LogP) is 3.24. The second-order valence-corrected chi connectivity index (χ2v) is 5.69. The van der Waals surface area contributed by atoms with E-state index in [0.717, 1.165) is 36.9 Å². The number of nitriles is 1. The van der Waals surface area contributed by atoms with E-state index >= 15 is 0 Å². The number of carbonyl (C=O) groups excluding carboxylic acids is 1. The molecule has 4 heteroatoms. The fourth-order valence-electron chi connectivity index (χ4n) is 2.46. The second-order valence-electron chi connectivity index (χ2n) is 5.04. The van der Waals surface area contributed by atoms with Gasteiger partial charge >= 0.3 is 0 Å². The minimum absolute atomic E-state index is 0.0700. The summed E-state index contributed by atoms with van der Waals surface area (Å²) in [5, 5.41) is 13.0. The summed E-state index contributed by atoms with van der Waals surface area (Å²) in [4.78, 5) is 12.1. The zero-order chi connectivity index (χ0) is 13.7. The first-order valence-corrected chi connectivity index (χ1v) is 7.72. The van der Waals surface area contributed by atoms with Gasteiger partial charge in [0, 0.05) is 16.9 Å². The Bertz CT molecular complexity index is 487. The van der Waals surface area contributed by atoms with Gasteiger partial charge in [-0.2, -0.15) is 5.26 Å². The normalized spacial score (nSPS) is 22.5. The number of nitrogens with zero attached hydrogens (tertiary/aromatic N) is 1. The third-order valence-corrected chi connectivity index (χ3v) is 4.57. The molecular formula is C15H17BrN2O. The van der Waals surface area contributed by atoms with Crippen LogP contribution in [-0.4, -0.2) is 17.3 Å². The van der Waals surface area contributed by atoms with Gasteiger partial charge in [-0.1, -0.05) is 22.0 Å². The Morgan fingerprint density at radius 3 is 2.74 bits per heavy atom. The van der Waals surface area contributed by atoms with Crippen molar-refractivity contribution in [3.8, 4) is 6.07 Å². The molecule has 1 aliphatic rings. The number of halogens is 1. The molecule has 0 unspecified atom stereocenters. The topological polar surface area (TPSA) is 52.9 Å². The Morgan fingerprint density at radius 1 is 1.37 bits per heavy atom. The number of alkyl halides is 1. The highest BCUT2D eigenvalue weighted by Gasteiger charge is 2.22. The lowest BCUT2D eigenvalue weighted by atomic mass is 9.87. The molecular weight excluding hydrogens is 304 g/mol. The number of hydrogen-bond donors (Lipinski definition) is 1. The fourth-order valence-corrected chi connectivity index (χ4v) is 3.11. The van der Waals surface area contributed by atoms with E-state index in [1.807, 2.05) is 0 Å². The van der Waals surface area contributed by atoms with Crippen molar-refractivity contribution in [2.24, 2.45) is 5.92 Å². The molecule has 19 heavy (non-hydrogen) atoms. The van der Waals surface area contributed by atoms with E-state index < -0.39 is 0 Å². The van der Waals surface area contributed by atoms with Crippen LogP contribution >= 0.6 is 15.9 Å². The van der Waals surface area contributed by atoms with Crippen LogP contribution in [0.2, 0.25) is 0 Å². The number of hydrogen-bond acceptors (Lipinski definition) is 2. The van der Waals surface area contributed by atoms with E-state index in [4.69, 9.17) is 5.26 Å². The zero-order valence-electron chi connectivity index (χ0n) is 10.7. The fraction of sp³-hybridized carbons (Fsp3) is 0.467. The molecule has 1 saturated carbocycles. The van der Waals surface area contributed by atoms with E-state index in [1.165, 1.54) is 0 Å². The van der Waals surface area contributed by atoms with Gasteiger partial charge in [0.15, 0.2) is 0 Å². The summed E-state index contributed by atoms with van der Waals surface area (Å²) >= 11 is 3.52. The minimum Gasteiger partial charge on any atom is -0.349 e. The smallest absolute Gasteiger partial charge is 0.251 e. The zero-order valence-corrected chi connectivity index (χ0v) is 12.3. The van der Waals surface area contributed by atoms with Crippen molar-refractivity contribution >= 4 is 21.8 Å². The van der Waals surface area contributed by atoms with Crippen molar-refractivity contribution in [3.05, 3.63) is 35.4 Å². The van der Waals surface area contributed by atoms with Gasteiger partial charge in [-0.25, -0.2) is 0 Å². The van der Waals surface area contributed by atoms with E-state index in [2.05, 4.69) is 27.3 Å². The highest BCUT2D eigenvalue weighted by molar-refractivity contribution is 9.09. The molecule has 1 aromatic carbocycles. The Labute approximate surface area is 122 Å². The summed E-state index contributed by atoms with van der Waals surface area (Å²) in [5.41, 5.74) is 1.09. The Kier molecular flexibility index (Phi) is 4.98. The molecule has 0 atom stereocenters. The molecule has 100 valence electrons. The largest absolute Gasteiger partial charge is 0.349 e. The lowest BCUT2D eigenvalue weighted by Crippen LogP contribution is -2.37. The predicted molar refractivity (Wildman–Crippen MR) is 78.2 cm³/mol. The average Bonchev–Trinajstić information content (AvgIpc) is 2.48. The Balaban J connectivity index is 1.92. The number of nitrogens with one attached hydrogen (secondary N) is 1. The number of carbonyl (C=O) groups is 1. The SMILES string of the molecule is N#Cc1cccc(C(=O)NC2CCC(CBr)CC2)c1. The van der Waals surface area contributed by atoms with Gasteiger partial charge in [-0.05, 0) is 49.8 Å². The van der Waals surface area contributed by atoms with Gasteiger partial charge in [0.05, 0.1) is 11.6 Å². The monoisotopic (exact) mass is 320 g/mol. The van der Waals surface area contributed by atoms with Crippen LogP contribution in [0, 0.1) is 17.2 Å². The molecule has 0 aliphatic heterocycles. The van der Waals surface area contributed by atoms with Crippen LogP contribution in [0.1, 0.15) is 41.6 Å². The first-order chi connectivity index (χ1) is 9.22. The van der Waals surface area contributed by atoms with Crippen LogP contribution in [0.4, 0.5) is 0 Å². The van der Waals surface area contributed by atoms with E-state index in [0.29, 0.717) is 11.1 Å². The van der Waals surface area contributed by atoms with E-state index in [9.17, 15) is 4.79 Å². The molecule has 0 saturated heterocycles. The molecule has 0 bridgehead atoms. The van der Waals surface area contributed by atoms with Crippen molar-refractivity contribution in [2.45, 2.75) is 31.7 Å². The highest BCUT2D eigenvalue weighted by Crippen LogP contribution is 2.25. The highest BCUT2D eigenvalue weighted by atomic mass is 79.9. The van der Waals surface area contributed by atoms with Crippen molar-refractivity contribution in [3.63, 3.8) is 0 Å². The van der Waals surface area contributed by atoms with Crippen LogP contribution in [0.25, 0.3) is 0 Å². The minimum atomic E-state index is -0.0700. The molecule has 1 aromatic rings. The Morgan fingerprint density at radius 2 is 2.11 bits per heavy atom. The van der Waals surface area contributed by atoms with Crippen LogP contribution in [-0.2, 0) is 0 Å². The molecule has 0 aromatic heterocycles. The first-order valence-electron chi connectivity index (χ1n) is 6.60. The second kappa shape index (κ2) is 6.72. The first kappa shape index (κ1) is 14.1. The van der Waals surface area contributed by atoms with Crippen LogP contribution < -0.4 is 5.32 Å². The lowest BCUT2D eigenvalue weighted by Gasteiger charge is -2.28. The van der Waals surface area contributed by atoms with Crippen LogP contribution in [0.15, 0.2) is 24.3 Å². The van der Waals surface area contributed by atoms with Crippen molar-refractivity contribution in [1.29, 1.82) is 5.26 Å². The molecule has 1 amide bonds. The van der Waals surface area contributed by atoms with Crippen LogP contribution in [0.3, 0.4) is 0 Å². The maximum Gasteiger partial charge on any atom is 0.251 e. The molecule has 1 N–H and O–H groups in total.